The minimum atomic E-state index is 0.0310. The zero-order chi connectivity index (χ0) is 13.1. The molecular formula is C13H16N2O2S. The van der Waals surface area contributed by atoms with Gasteiger partial charge in [-0.05, 0) is 19.1 Å². The summed E-state index contributed by atoms with van der Waals surface area (Å²) in [6.07, 6.45) is 0. The first-order chi connectivity index (χ1) is 8.67. The second-order valence-electron chi connectivity index (χ2n) is 3.89. The first-order valence-corrected chi connectivity index (χ1v) is 6.43. The number of para-hydroxylation sites is 2. The van der Waals surface area contributed by atoms with Crippen LogP contribution in [0.1, 0.15) is 10.6 Å². The van der Waals surface area contributed by atoms with E-state index < -0.39 is 0 Å². The van der Waals surface area contributed by atoms with E-state index in [1.54, 1.807) is 7.11 Å². The molecule has 0 aliphatic heterocycles. The molecule has 5 heteroatoms. The summed E-state index contributed by atoms with van der Waals surface area (Å²) in [4.78, 5) is 7.33. The van der Waals surface area contributed by atoms with Gasteiger partial charge in [0.05, 0.1) is 30.0 Å². The molecule has 0 unspecified atom stereocenters. The minimum Gasteiger partial charge on any atom is -0.495 e. The first-order valence-electron chi connectivity index (χ1n) is 5.61. The summed E-state index contributed by atoms with van der Waals surface area (Å²) in [6, 6.07) is 7.79. The molecule has 2 rings (SSSR count). The Morgan fingerprint density at radius 1 is 1.39 bits per heavy atom. The van der Waals surface area contributed by atoms with Gasteiger partial charge in [-0.2, -0.15) is 0 Å². The van der Waals surface area contributed by atoms with Crippen LogP contribution in [-0.4, -0.2) is 24.2 Å². The van der Waals surface area contributed by atoms with Crippen molar-refractivity contribution < 1.29 is 9.84 Å². The highest BCUT2D eigenvalue weighted by atomic mass is 32.1. The fraction of sp³-hybridized carbons (Fsp3) is 0.308. The molecule has 0 bridgehead atoms. The monoisotopic (exact) mass is 264 g/mol. The lowest BCUT2D eigenvalue weighted by Crippen LogP contribution is -2.10. The van der Waals surface area contributed by atoms with E-state index in [1.165, 1.54) is 11.3 Å². The molecular weight excluding hydrogens is 248 g/mol. The fourth-order valence-corrected chi connectivity index (χ4v) is 2.61. The van der Waals surface area contributed by atoms with E-state index in [9.17, 15) is 5.11 Å². The largest absolute Gasteiger partial charge is 0.495 e. The van der Waals surface area contributed by atoms with Crippen LogP contribution >= 0.6 is 11.3 Å². The van der Waals surface area contributed by atoms with Gasteiger partial charge in [-0.3, -0.25) is 0 Å². The standard InChI is InChI=1S/C13H16N2O2S/c1-9-12(8-16)18-13(14-9)15(2)10-6-4-5-7-11(10)17-3/h4-7,16H,8H2,1-3H3. The van der Waals surface area contributed by atoms with E-state index in [1.807, 2.05) is 43.1 Å². The summed E-state index contributed by atoms with van der Waals surface area (Å²) in [5.74, 6) is 0.804. The maximum atomic E-state index is 9.21. The SMILES string of the molecule is COc1ccccc1N(C)c1nc(C)c(CO)s1. The van der Waals surface area contributed by atoms with Crippen LogP contribution in [0, 0.1) is 6.92 Å². The molecule has 0 aliphatic carbocycles. The second kappa shape index (κ2) is 5.37. The summed E-state index contributed by atoms with van der Waals surface area (Å²) in [6.45, 7) is 1.94. The molecule has 0 aliphatic rings. The zero-order valence-corrected chi connectivity index (χ0v) is 11.5. The van der Waals surface area contributed by atoms with E-state index >= 15 is 0 Å². The average Bonchev–Trinajstić information content (AvgIpc) is 2.79. The van der Waals surface area contributed by atoms with Crippen LogP contribution < -0.4 is 9.64 Å². The van der Waals surface area contributed by atoms with Crippen LogP contribution in [0.4, 0.5) is 10.8 Å². The molecule has 1 heterocycles. The molecule has 0 fully saturated rings. The van der Waals surface area contributed by atoms with E-state index in [2.05, 4.69) is 4.98 Å². The Morgan fingerprint density at radius 2 is 2.11 bits per heavy atom. The van der Waals surface area contributed by atoms with E-state index in [-0.39, 0.29) is 6.61 Å². The minimum absolute atomic E-state index is 0.0310. The Balaban J connectivity index is 2.37. The Hall–Kier alpha value is -1.59. The Morgan fingerprint density at radius 3 is 2.72 bits per heavy atom. The zero-order valence-electron chi connectivity index (χ0n) is 10.7. The number of hydrogen-bond donors (Lipinski definition) is 1. The van der Waals surface area contributed by atoms with Crippen molar-refractivity contribution >= 4 is 22.2 Å². The Bertz CT molecular complexity index is 540. The van der Waals surface area contributed by atoms with E-state index in [0.29, 0.717) is 0 Å². The smallest absolute Gasteiger partial charge is 0.190 e. The van der Waals surface area contributed by atoms with Crippen molar-refractivity contribution in [1.29, 1.82) is 0 Å². The highest BCUT2D eigenvalue weighted by Gasteiger charge is 2.14. The lowest BCUT2D eigenvalue weighted by molar-refractivity contribution is 0.284. The summed E-state index contributed by atoms with van der Waals surface area (Å²) in [7, 11) is 3.59. The fourth-order valence-electron chi connectivity index (χ4n) is 1.71. The maximum Gasteiger partial charge on any atom is 0.190 e. The van der Waals surface area contributed by atoms with Crippen LogP contribution in [0.15, 0.2) is 24.3 Å². The third kappa shape index (κ3) is 2.32. The number of thiazole rings is 1. The number of methoxy groups -OCH3 is 1. The van der Waals surface area contributed by atoms with Gasteiger partial charge < -0.3 is 14.7 Å². The topological polar surface area (TPSA) is 45.6 Å². The highest BCUT2D eigenvalue weighted by molar-refractivity contribution is 7.15. The molecule has 1 aromatic heterocycles. The van der Waals surface area contributed by atoms with Gasteiger partial charge in [-0.1, -0.05) is 23.5 Å². The van der Waals surface area contributed by atoms with Crippen LogP contribution in [0.5, 0.6) is 5.75 Å². The molecule has 0 atom stereocenters. The lowest BCUT2D eigenvalue weighted by Gasteiger charge is -2.18. The Kier molecular flexibility index (Phi) is 3.84. The molecule has 18 heavy (non-hydrogen) atoms. The number of ether oxygens (including phenoxy) is 1. The normalized spacial score (nSPS) is 10.4. The van der Waals surface area contributed by atoms with Crippen molar-refractivity contribution in [2.24, 2.45) is 0 Å². The van der Waals surface area contributed by atoms with Gasteiger partial charge in [0, 0.05) is 7.05 Å². The van der Waals surface area contributed by atoms with Gasteiger partial charge in [0.25, 0.3) is 0 Å². The first kappa shape index (κ1) is 12.9. The number of aliphatic hydroxyl groups excluding tert-OH is 1. The number of aromatic nitrogens is 1. The molecule has 4 nitrogen and oxygen atoms in total. The van der Waals surface area contributed by atoms with Crippen LogP contribution in [0.3, 0.4) is 0 Å². The number of aryl methyl sites for hydroxylation is 1. The van der Waals surface area contributed by atoms with Crippen molar-refractivity contribution in [3.63, 3.8) is 0 Å². The molecule has 2 aromatic rings. The number of aliphatic hydroxyl groups is 1. The van der Waals surface area contributed by atoms with Gasteiger partial charge >= 0.3 is 0 Å². The number of benzene rings is 1. The predicted molar refractivity (Wildman–Crippen MR) is 73.8 cm³/mol. The van der Waals surface area contributed by atoms with Crippen LogP contribution in [0.25, 0.3) is 0 Å². The van der Waals surface area contributed by atoms with Crippen molar-refractivity contribution in [2.75, 3.05) is 19.1 Å². The van der Waals surface area contributed by atoms with Crippen LogP contribution in [-0.2, 0) is 6.61 Å². The molecule has 0 amide bonds. The molecule has 96 valence electrons. The summed E-state index contributed by atoms with van der Waals surface area (Å²) in [5.41, 5.74) is 1.83. The van der Waals surface area contributed by atoms with E-state index in [0.717, 1.165) is 27.1 Å². The number of hydrogen-bond acceptors (Lipinski definition) is 5. The number of anilines is 2. The summed E-state index contributed by atoms with van der Waals surface area (Å²) >= 11 is 1.49. The molecule has 0 saturated carbocycles. The molecule has 1 aromatic carbocycles. The van der Waals surface area contributed by atoms with Gasteiger partial charge in [-0.15, -0.1) is 0 Å². The summed E-state index contributed by atoms with van der Waals surface area (Å²) in [5, 5.41) is 10.1. The highest BCUT2D eigenvalue weighted by Crippen LogP contribution is 2.35. The second-order valence-corrected chi connectivity index (χ2v) is 4.96. The third-order valence-corrected chi connectivity index (χ3v) is 3.98. The van der Waals surface area contributed by atoms with Crippen molar-refractivity contribution in [3.05, 3.63) is 34.8 Å². The summed E-state index contributed by atoms with van der Waals surface area (Å²) < 4.78 is 5.34. The average molecular weight is 264 g/mol. The van der Waals surface area contributed by atoms with Gasteiger partial charge in [-0.25, -0.2) is 4.98 Å². The molecule has 0 radical (unpaired) electrons. The third-order valence-electron chi connectivity index (χ3n) is 2.76. The predicted octanol–water partition coefficient (Wildman–Crippen LogP) is 2.72. The molecule has 0 spiro atoms. The quantitative estimate of drug-likeness (QED) is 0.922. The Labute approximate surface area is 110 Å². The van der Waals surface area contributed by atoms with Crippen molar-refractivity contribution in [2.45, 2.75) is 13.5 Å². The van der Waals surface area contributed by atoms with Crippen molar-refractivity contribution in [3.8, 4) is 5.75 Å². The van der Waals surface area contributed by atoms with Gasteiger partial charge in [0.15, 0.2) is 5.13 Å². The molecule has 0 saturated heterocycles. The lowest BCUT2D eigenvalue weighted by atomic mass is 10.3. The van der Waals surface area contributed by atoms with Crippen LogP contribution in [0.2, 0.25) is 0 Å². The van der Waals surface area contributed by atoms with E-state index in [4.69, 9.17) is 4.74 Å². The molecule has 1 N–H and O–H groups in total. The van der Waals surface area contributed by atoms with Gasteiger partial charge in [0.1, 0.15) is 5.75 Å². The van der Waals surface area contributed by atoms with Crippen molar-refractivity contribution in [1.82, 2.24) is 4.98 Å². The number of rotatable bonds is 4. The van der Waals surface area contributed by atoms with Gasteiger partial charge in [0.2, 0.25) is 0 Å². The number of nitrogens with zero attached hydrogens (tertiary/aromatic N) is 2. The maximum absolute atomic E-state index is 9.21.